The maximum absolute atomic E-state index is 13.9. The minimum atomic E-state index is -4.06. The smallest absolute Gasteiger partial charge is 0.264 e. The van der Waals surface area contributed by atoms with Crippen molar-refractivity contribution in [1.29, 1.82) is 0 Å². The van der Waals surface area contributed by atoms with E-state index in [9.17, 15) is 21.6 Å². The van der Waals surface area contributed by atoms with Crippen molar-refractivity contribution in [3.63, 3.8) is 0 Å². The number of benzene rings is 3. The van der Waals surface area contributed by atoms with E-state index in [4.69, 9.17) is 14.2 Å². The average molecular weight is 658 g/mol. The van der Waals surface area contributed by atoms with E-state index < -0.39 is 32.1 Å². The first-order valence-electron chi connectivity index (χ1n) is 14.8. The Morgan fingerprint density at radius 1 is 0.889 bits per heavy atom. The number of sulfonamides is 2. The van der Waals surface area contributed by atoms with Crippen LogP contribution in [0.1, 0.15) is 39.2 Å². The Balaban J connectivity index is 1.26. The van der Waals surface area contributed by atoms with Crippen LogP contribution in [-0.4, -0.2) is 73.0 Å². The molecule has 0 aromatic heterocycles. The highest BCUT2D eigenvalue weighted by Gasteiger charge is 2.38. The van der Waals surface area contributed by atoms with Crippen molar-refractivity contribution >= 4 is 31.6 Å². The molecule has 2 aliphatic heterocycles. The zero-order valence-corrected chi connectivity index (χ0v) is 27.5. The summed E-state index contributed by atoms with van der Waals surface area (Å²) in [5.74, 6) is 0.769. The average Bonchev–Trinajstić information content (AvgIpc) is 3.58. The van der Waals surface area contributed by atoms with Crippen molar-refractivity contribution in [1.82, 2.24) is 9.62 Å². The van der Waals surface area contributed by atoms with Gasteiger partial charge in [-0.3, -0.25) is 9.10 Å². The third kappa shape index (κ3) is 7.05. The van der Waals surface area contributed by atoms with Gasteiger partial charge < -0.3 is 19.5 Å². The van der Waals surface area contributed by atoms with Gasteiger partial charge in [0.2, 0.25) is 10.0 Å². The summed E-state index contributed by atoms with van der Waals surface area (Å²) in [4.78, 5) is 13.5. The highest BCUT2D eigenvalue weighted by atomic mass is 32.2. The molecule has 1 saturated heterocycles. The van der Waals surface area contributed by atoms with Crippen LogP contribution in [0.5, 0.6) is 17.2 Å². The molecule has 242 valence electrons. The van der Waals surface area contributed by atoms with Gasteiger partial charge in [0.1, 0.15) is 23.9 Å². The van der Waals surface area contributed by atoms with Gasteiger partial charge in [-0.25, -0.2) is 16.8 Å². The van der Waals surface area contributed by atoms with Gasteiger partial charge in [0.05, 0.1) is 35.7 Å². The molecule has 3 aromatic carbocycles. The maximum atomic E-state index is 13.9. The first-order valence-corrected chi connectivity index (χ1v) is 17.7. The third-order valence-electron chi connectivity index (χ3n) is 7.83. The second kappa shape index (κ2) is 12.9. The Morgan fingerprint density at radius 3 is 2.09 bits per heavy atom. The topological polar surface area (TPSA) is 132 Å². The molecule has 0 spiro atoms. The minimum Gasteiger partial charge on any atom is -0.497 e. The molecule has 1 atom stereocenters. The first kappa shape index (κ1) is 32.6. The van der Waals surface area contributed by atoms with Gasteiger partial charge in [0.15, 0.2) is 6.10 Å². The predicted octanol–water partition coefficient (Wildman–Crippen LogP) is 3.93. The van der Waals surface area contributed by atoms with Crippen LogP contribution < -0.4 is 23.8 Å². The van der Waals surface area contributed by atoms with Gasteiger partial charge in [-0.2, -0.15) is 4.31 Å². The fourth-order valence-corrected chi connectivity index (χ4v) is 8.18. The molecule has 2 heterocycles. The molecule has 1 fully saturated rings. The summed E-state index contributed by atoms with van der Waals surface area (Å²) in [6.07, 6.45) is 0.611. The molecule has 1 amide bonds. The van der Waals surface area contributed by atoms with Crippen LogP contribution in [0.2, 0.25) is 0 Å². The molecule has 13 heteroatoms. The number of hydrogen-bond donors (Lipinski definition) is 1. The van der Waals surface area contributed by atoms with Crippen molar-refractivity contribution in [3.05, 3.63) is 72.3 Å². The lowest BCUT2D eigenvalue weighted by atomic mass is 9.86. The number of carbonyl (C=O) groups excluding carboxylic acids is 1. The second-order valence-corrected chi connectivity index (χ2v) is 15.8. The van der Waals surface area contributed by atoms with Crippen molar-refractivity contribution in [3.8, 4) is 17.2 Å². The molecule has 5 rings (SSSR count). The van der Waals surface area contributed by atoms with E-state index in [0.29, 0.717) is 30.3 Å². The summed E-state index contributed by atoms with van der Waals surface area (Å²) in [5.41, 5.74) is 1.03. The summed E-state index contributed by atoms with van der Waals surface area (Å²) in [5, 5.41) is 2.76. The SMILES string of the molecule is COc1ccc(S(=O)(=O)N2C[C@H](C(=O)NCCOc3ccc(S(=O)(=O)N4CCCC4)cc3)Oc3ccc(C(C)(C)C)cc32)cc1. The molecule has 0 saturated carbocycles. The van der Waals surface area contributed by atoms with Gasteiger partial charge in [-0.15, -0.1) is 0 Å². The fourth-order valence-electron chi connectivity index (χ4n) is 5.20. The number of nitrogens with one attached hydrogen (secondary N) is 1. The molecule has 0 radical (unpaired) electrons. The van der Waals surface area contributed by atoms with Gasteiger partial charge in [0, 0.05) is 13.1 Å². The number of carbonyl (C=O) groups is 1. The van der Waals surface area contributed by atoms with Crippen LogP contribution in [0, 0.1) is 0 Å². The standard InChI is InChI=1S/C32H39N3O8S2/c1-32(2,3)23-7-16-29-28(21-23)35(45(39,40)27-12-8-24(41-4)9-13-27)22-30(43-29)31(36)33-17-20-42-25-10-14-26(15-11-25)44(37,38)34-18-5-6-19-34/h7-16,21,30H,5-6,17-20,22H2,1-4H3,(H,33,36)/t30-/m1/s1. The zero-order chi connectivity index (χ0) is 32.4. The van der Waals surface area contributed by atoms with E-state index in [2.05, 4.69) is 5.32 Å². The number of nitrogens with zero attached hydrogens (tertiary/aromatic N) is 2. The Labute approximate surface area is 265 Å². The summed E-state index contributed by atoms with van der Waals surface area (Å²) in [6.45, 7) is 7.15. The Bertz CT molecular complexity index is 1730. The predicted molar refractivity (Wildman–Crippen MR) is 170 cm³/mol. The van der Waals surface area contributed by atoms with Crippen LogP contribution >= 0.6 is 0 Å². The summed E-state index contributed by atoms with van der Waals surface area (Å²) >= 11 is 0. The van der Waals surface area contributed by atoms with Crippen LogP contribution in [0.15, 0.2) is 76.5 Å². The van der Waals surface area contributed by atoms with Gasteiger partial charge in [0.25, 0.3) is 15.9 Å². The van der Waals surface area contributed by atoms with E-state index in [1.165, 1.54) is 40.0 Å². The van der Waals surface area contributed by atoms with Crippen molar-refractivity contribution in [2.45, 2.75) is 54.9 Å². The molecule has 0 aliphatic carbocycles. The Hall–Kier alpha value is -3.81. The van der Waals surface area contributed by atoms with Gasteiger partial charge >= 0.3 is 0 Å². The van der Waals surface area contributed by atoms with Crippen molar-refractivity contribution < 1.29 is 35.8 Å². The summed E-state index contributed by atoms with van der Waals surface area (Å²) in [6, 6.07) is 17.6. The number of fused-ring (bicyclic) bond motifs is 1. The van der Waals surface area contributed by atoms with E-state index >= 15 is 0 Å². The molecule has 45 heavy (non-hydrogen) atoms. The van der Waals surface area contributed by atoms with Crippen molar-refractivity contribution in [2.24, 2.45) is 0 Å². The van der Waals surface area contributed by atoms with Gasteiger partial charge in [-0.05, 0) is 84.5 Å². The molecule has 0 unspecified atom stereocenters. The number of amides is 1. The normalized spacial score (nSPS) is 17.3. The van der Waals surface area contributed by atoms with Crippen LogP contribution in [0.25, 0.3) is 0 Å². The van der Waals surface area contributed by atoms with Crippen LogP contribution in [0.4, 0.5) is 5.69 Å². The Kier molecular flexibility index (Phi) is 9.33. The summed E-state index contributed by atoms with van der Waals surface area (Å²) < 4.78 is 72.9. The molecule has 2 aliphatic rings. The van der Waals surface area contributed by atoms with E-state index in [0.717, 1.165) is 18.4 Å². The highest BCUT2D eigenvalue weighted by molar-refractivity contribution is 7.92. The lowest BCUT2D eigenvalue weighted by Crippen LogP contribution is -2.51. The highest BCUT2D eigenvalue weighted by Crippen LogP contribution is 2.40. The number of hydrogen-bond acceptors (Lipinski definition) is 8. The number of ether oxygens (including phenoxy) is 3. The Morgan fingerprint density at radius 2 is 1.49 bits per heavy atom. The molecule has 11 nitrogen and oxygen atoms in total. The van der Waals surface area contributed by atoms with Crippen LogP contribution in [-0.2, 0) is 30.3 Å². The quantitative estimate of drug-likeness (QED) is 0.325. The number of methoxy groups -OCH3 is 1. The lowest BCUT2D eigenvalue weighted by molar-refractivity contribution is -0.127. The van der Waals surface area contributed by atoms with E-state index in [1.807, 2.05) is 26.8 Å². The molecular formula is C32H39N3O8S2. The molecular weight excluding hydrogens is 618 g/mol. The van der Waals surface area contributed by atoms with E-state index in [1.54, 1.807) is 36.4 Å². The van der Waals surface area contributed by atoms with E-state index in [-0.39, 0.29) is 40.7 Å². The summed E-state index contributed by atoms with van der Waals surface area (Å²) in [7, 11) is -6.08. The minimum absolute atomic E-state index is 0.0594. The number of anilines is 1. The second-order valence-electron chi connectivity index (χ2n) is 12.0. The first-order chi connectivity index (χ1) is 21.3. The number of rotatable bonds is 10. The van der Waals surface area contributed by atoms with Gasteiger partial charge in [-0.1, -0.05) is 26.8 Å². The maximum Gasteiger partial charge on any atom is 0.264 e. The van der Waals surface area contributed by atoms with Crippen LogP contribution in [0.3, 0.4) is 0 Å². The molecule has 0 bridgehead atoms. The lowest BCUT2D eigenvalue weighted by Gasteiger charge is -2.36. The zero-order valence-electron chi connectivity index (χ0n) is 25.9. The fraction of sp³-hybridized carbons (Fsp3) is 0.406. The van der Waals surface area contributed by atoms with Crippen molar-refractivity contribution in [2.75, 3.05) is 44.2 Å². The third-order valence-corrected chi connectivity index (χ3v) is 11.5. The largest absolute Gasteiger partial charge is 0.497 e. The molecule has 3 aromatic rings. The molecule has 1 N–H and O–H groups in total. The monoisotopic (exact) mass is 657 g/mol.